The quantitative estimate of drug-likeness (QED) is 0.754. The minimum absolute atomic E-state index is 0.0536. The largest absolute Gasteiger partial charge is 0.492 e. The molecule has 1 aliphatic rings. The van der Waals surface area contributed by atoms with Gasteiger partial charge >= 0.3 is 0 Å². The predicted octanol–water partition coefficient (Wildman–Crippen LogP) is 2.91. The molecule has 0 aliphatic carbocycles. The molecule has 0 atom stereocenters. The molecule has 1 aliphatic heterocycles. The highest BCUT2D eigenvalue weighted by Crippen LogP contribution is 2.22. The van der Waals surface area contributed by atoms with Gasteiger partial charge in [0.1, 0.15) is 18.1 Å². The number of hydrogen-bond donors (Lipinski definition) is 0. The molecule has 2 aromatic rings. The average Bonchev–Trinajstić information content (AvgIpc) is 2.69. The van der Waals surface area contributed by atoms with E-state index < -0.39 is 0 Å². The van der Waals surface area contributed by atoms with Crippen molar-refractivity contribution in [2.75, 3.05) is 45.9 Å². The van der Waals surface area contributed by atoms with Crippen LogP contribution in [0.3, 0.4) is 0 Å². The Morgan fingerprint density at radius 1 is 0.889 bits per heavy atom. The number of para-hydroxylation sites is 2. The minimum atomic E-state index is 0.0536. The summed E-state index contributed by atoms with van der Waals surface area (Å²) in [5.74, 6) is 1.77. The van der Waals surface area contributed by atoms with Crippen molar-refractivity contribution in [1.82, 2.24) is 9.80 Å². The smallest absolute Gasteiger partial charge is 0.260 e. The molecule has 0 aromatic heterocycles. The van der Waals surface area contributed by atoms with Gasteiger partial charge in [0.05, 0.1) is 0 Å². The van der Waals surface area contributed by atoms with Crippen LogP contribution in [0.4, 0.5) is 0 Å². The maximum Gasteiger partial charge on any atom is 0.260 e. The van der Waals surface area contributed by atoms with Crippen molar-refractivity contribution in [3.05, 3.63) is 59.7 Å². The van der Waals surface area contributed by atoms with Gasteiger partial charge in [0.2, 0.25) is 0 Å². The molecule has 1 amide bonds. The Kier molecular flexibility index (Phi) is 6.71. The molecule has 1 saturated heterocycles. The normalized spacial score (nSPS) is 14.8. The van der Waals surface area contributed by atoms with E-state index in [1.807, 2.05) is 67.3 Å². The molecular weight excluding hydrogens is 340 g/mol. The van der Waals surface area contributed by atoms with Crippen LogP contribution < -0.4 is 9.47 Å². The van der Waals surface area contributed by atoms with E-state index in [9.17, 15) is 4.79 Å². The van der Waals surface area contributed by atoms with Gasteiger partial charge in [0.15, 0.2) is 6.61 Å². The summed E-state index contributed by atoms with van der Waals surface area (Å²) in [7, 11) is 0. The Bertz CT molecular complexity index is 720. The third-order valence-corrected chi connectivity index (χ3v) is 4.89. The van der Waals surface area contributed by atoms with Crippen molar-refractivity contribution in [3.8, 4) is 11.5 Å². The second-order valence-electron chi connectivity index (χ2n) is 6.89. The molecule has 0 saturated carbocycles. The number of hydrogen-bond acceptors (Lipinski definition) is 4. The van der Waals surface area contributed by atoms with Crippen LogP contribution in [0.1, 0.15) is 11.1 Å². The van der Waals surface area contributed by atoms with E-state index in [0.29, 0.717) is 6.61 Å². The average molecular weight is 368 g/mol. The highest BCUT2D eigenvalue weighted by Gasteiger charge is 2.21. The number of piperazine rings is 1. The van der Waals surface area contributed by atoms with Crippen LogP contribution in [0.5, 0.6) is 11.5 Å². The summed E-state index contributed by atoms with van der Waals surface area (Å²) in [4.78, 5) is 16.7. The lowest BCUT2D eigenvalue weighted by molar-refractivity contribution is -0.135. The Morgan fingerprint density at radius 2 is 1.56 bits per heavy atom. The highest BCUT2D eigenvalue weighted by molar-refractivity contribution is 5.78. The number of aryl methyl sites for hydroxylation is 2. The van der Waals surface area contributed by atoms with E-state index in [1.165, 1.54) is 0 Å². The van der Waals surface area contributed by atoms with E-state index in [2.05, 4.69) is 4.90 Å². The van der Waals surface area contributed by atoms with Gasteiger partial charge in [-0.3, -0.25) is 9.69 Å². The third kappa shape index (κ3) is 5.47. The van der Waals surface area contributed by atoms with Gasteiger partial charge in [-0.25, -0.2) is 0 Å². The van der Waals surface area contributed by atoms with Gasteiger partial charge in [0.25, 0.3) is 5.91 Å². The molecule has 27 heavy (non-hydrogen) atoms. The summed E-state index contributed by atoms with van der Waals surface area (Å²) < 4.78 is 11.5. The fourth-order valence-electron chi connectivity index (χ4n) is 3.28. The van der Waals surface area contributed by atoms with Crippen molar-refractivity contribution in [2.24, 2.45) is 0 Å². The summed E-state index contributed by atoms with van der Waals surface area (Å²) in [6.07, 6.45) is 0. The molecule has 3 rings (SSSR count). The zero-order valence-corrected chi connectivity index (χ0v) is 16.2. The van der Waals surface area contributed by atoms with Gasteiger partial charge in [-0.2, -0.15) is 0 Å². The molecule has 1 fully saturated rings. The van der Waals surface area contributed by atoms with Crippen molar-refractivity contribution >= 4 is 5.91 Å². The van der Waals surface area contributed by atoms with Crippen LogP contribution in [0.25, 0.3) is 0 Å². The molecule has 5 heteroatoms. The molecule has 5 nitrogen and oxygen atoms in total. The number of nitrogens with zero attached hydrogens (tertiary/aromatic N) is 2. The first kappa shape index (κ1) is 19.2. The molecule has 144 valence electrons. The maximum absolute atomic E-state index is 12.5. The van der Waals surface area contributed by atoms with Crippen LogP contribution in [-0.4, -0.2) is 61.6 Å². The topological polar surface area (TPSA) is 42.0 Å². The molecule has 1 heterocycles. The SMILES string of the molecule is Cc1cccc(C)c1OCC(=O)N1CCN(CCOc2ccccc2)CC1. The molecule has 0 unspecified atom stereocenters. The zero-order valence-electron chi connectivity index (χ0n) is 16.2. The molecular formula is C22H28N2O3. The van der Waals surface area contributed by atoms with E-state index >= 15 is 0 Å². The number of rotatable bonds is 7. The fourth-order valence-corrected chi connectivity index (χ4v) is 3.28. The molecule has 0 radical (unpaired) electrons. The minimum Gasteiger partial charge on any atom is -0.492 e. The zero-order chi connectivity index (χ0) is 19.1. The number of carbonyl (C=O) groups excluding carboxylic acids is 1. The second-order valence-corrected chi connectivity index (χ2v) is 6.89. The predicted molar refractivity (Wildman–Crippen MR) is 106 cm³/mol. The third-order valence-electron chi connectivity index (χ3n) is 4.89. The lowest BCUT2D eigenvalue weighted by atomic mass is 10.1. The van der Waals surface area contributed by atoms with Crippen molar-refractivity contribution in [3.63, 3.8) is 0 Å². The fraction of sp³-hybridized carbons (Fsp3) is 0.409. The van der Waals surface area contributed by atoms with Gasteiger partial charge in [0, 0.05) is 32.7 Å². The number of carbonyl (C=O) groups is 1. The maximum atomic E-state index is 12.5. The van der Waals surface area contributed by atoms with Crippen LogP contribution in [0, 0.1) is 13.8 Å². The molecule has 0 bridgehead atoms. The lowest BCUT2D eigenvalue weighted by Crippen LogP contribution is -2.50. The number of amides is 1. The van der Waals surface area contributed by atoms with E-state index in [1.54, 1.807) is 0 Å². The molecule has 0 spiro atoms. The Labute approximate surface area is 161 Å². The summed E-state index contributed by atoms with van der Waals surface area (Å²) in [6, 6.07) is 15.9. The van der Waals surface area contributed by atoms with Crippen molar-refractivity contribution < 1.29 is 14.3 Å². The van der Waals surface area contributed by atoms with Crippen LogP contribution in [0.15, 0.2) is 48.5 Å². The highest BCUT2D eigenvalue weighted by atomic mass is 16.5. The lowest BCUT2D eigenvalue weighted by Gasteiger charge is -2.34. The standard InChI is InChI=1S/C22H28N2O3/c1-18-7-6-8-19(2)22(18)27-17-21(25)24-13-11-23(12-14-24)15-16-26-20-9-4-3-5-10-20/h3-10H,11-17H2,1-2H3. The first-order valence-electron chi connectivity index (χ1n) is 9.50. The van der Waals surface area contributed by atoms with Crippen LogP contribution >= 0.6 is 0 Å². The molecule has 0 N–H and O–H groups in total. The Balaban J connectivity index is 1.37. The monoisotopic (exact) mass is 368 g/mol. The van der Waals surface area contributed by atoms with E-state index in [4.69, 9.17) is 9.47 Å². The van der Waals surface area contributed by atoms with Crippen LogP contribution in [0.2, 0.25) is 0 Å². The molecule has 2 aromatic carbocycles. The number of benzene rings is 2. The van der Waals surface area contributed by atoms with E-state index in [0.717, 1.165) is 55.3 Å². The van der Waals surface area contributed by atoms with Gasteiger partial charge in [-0.15, -0.1) is 0 Å². The Hall–Kier alpha value is -2.53. The summed E-state index contributed by atoms with van der Waals surface area (Å²) in [5, 5.41) is 0. The summed E-state index contributed by atoms with van der Waals surface area (Å²) >= 11 is 0. The summed E-state index contributed by atoms with van der Waals surface area (Å²) in [6.45, 7) is 8.85. The first-order valence-corrected chi connectivity index (χ1v) is 9.50. The Morgan fingerprint density at radius 3 is 2.22 bits per heavy atom. The summed E-state index contributed by atoms with van der Waals surface area (Å²) in [5.41, 5.74) is 2.12. The van der Waals surface area contributed by atoms with Gasteiger partial charge < -0.3 is 14.4 Å². The second kappa shape index (κ2) is 9.42. The van der Waals surface area contributed by atoms with E-state index in [-0.39, 0.29) is 12.5 Å². The van der Waals surface area contributed by atoms with Crippen molar-refractivity contribution in [2.45, 2.75) is 13.8 Å². The van der Waals surface area contributed by atoms with Gasteiger partial charge in [-0.1, -0.05) is 36.4 Å². The van der Waals surface area contributed by atoms with Crippen molar-refractivity contribution in [1.29, 1.82) is 0 Å². The first-order chi connectivity index (χ1) is 13.1. The van der Waals surface area contributed by atoms with Gasteiger partial charge in [-0.05, 0) is 37.1 Å². The van der Waals surface area contributed by atoms with Crippen LogP contribution in [-0.2, 0) is 4.79 Å². The number of ether oxygens (including phenoxy) is 2.